The average Bonchev–Trinajstić information content (AvgIpc) is 2.66. The number of carbonyl (C=O) groups is 2. The molecule has 1 N–H and O–H groups in total. The van der Waals surface area contributed by atoms with Gasteiger partial charge >= 0.3 is 12.1 Å². The van der Waals surface area contributed by atoms with Crippen molar-refractivity contribution in [2.24, 2.45) is 0 Å². The molecule has 1 atom stereocenters. The molecule has 0 radical (unpaired) electrons. The van der Waals surface area contributed by atoms with Crippen LogP contribution in [-0.4, -0.2) is 25.0 Å². The van der Waals surface area contributed by atoms with E-state index in [1.807, 2.05) is 6.07 Å². The first-order valence-corrected chi connectivity index (χ1v) is 7.79. The van der Waals surface area contributed by atoms with E-state index in [1.54, 1.807) is 24.3 Å². The van der Waals surface area contributed by atoms with Gasteiger partial charge in [0.25, 0.3) is 5.91 Å². The Hall–Kier alpha value is -3.34. The van der Waals surface area contributed by atoms with E-state index in [1.165, 1.54) is 6.07 Å². The van der Waals surface area contributed by atoms with Gasteiger partial charge in [-0.2, -0.15) is 18.4 Å². The lowest BCUT2D eigenvalue weighted by atomic mass is 10.0. The molecule has 0 aromatic heterocycles. The van der Waals surface area contributed by atoms with Crippen molar-refractivity contribution in [2.75, 3.05) is 7.11 Å². The van der Waals surface area contributed by atoms with Gasteiger partial charge in [0, 0.05) is 12.0 Å². The molecule has 0 aliphatic carbocycles. The summed E-state index contributed by atoms with van der Waals surface area (Å²) in [6.45, 7) is 0. The zero-order valence-electron chi connectivity index (χ0n) is 14.2. The molecule has 1 amide bonds. The largest absolute Gasteiger partial charge is 0.467 e. The van der Waals surface area contributed by atoms with Crippen LogP contribution in [0, 0.1) is 11.3 Å². The van der Waals surface area contributed by atoms with Crippen LogP contribution in [0.25, 0.3) is 0 Å². The van der Waals surface area contributed by atoms with E-state index < -0.39 is 29.7 Å². The van der Waals surface area contributed by atoms with Crippen LogP contribution in [0.5, 0.6) is 0 Å². The molecular weight excluding hydrogens is 361 g/mol. The number of amides is 1. The zero-order valence-corrected chi connectivity index (χ0v) is 14.2. The lowest BCUT2D eigenvalue weighted by molar-refractivity contribution is -0.143. The highest BCUT2D eigenvalue weighted by molar-refractivity contribution is 5.97. The summed E-state index contributed by atoms with van der Waals surface area (Å²) in [5, 5.41) is 11.2. The molecule has 0 heterocycles. The maximum Gasteiger partial charge on any atom is 0.416 e. The molecule has 0 unspecified atom stereocenters. The van der Waals surface area contributed by atoms with Crippen LogP contribution >= 0.6 is 0 Å². The van der Waals surface area contributed by atoms with Crippen molar-refractivity contribution in [3.8, 4) is 6.07 Å². The van der Waals surface area contributed by atoms with E-state index >= 15 is 0 Å². The third-order valence-corrected chi connectivity index (χ3v) is 3.77. The van der Waals surface area contributed by atoms with E-state index in [2.05, 4.69) is 10.1 Å². The average molecular weight is 376 g/mol. The fourth-order valence-corrected chi connectivity index (χ4v) is 2.36. The summed E-state index contributed by atoms with van der Waals surface area (Å²) in [5.74, 6) is -1.56. The number of carbonyl (C=O) groups excluding carboxylic acids is 2. The summed E-state index contributed by atoms with van der Waals surface area (Å²) in [5.41, 5.74) is -0.106. The van der Waals surface area contributed by atoms with Crippen LogP contribution in [0.1, 0.15) is 27.0 Å². The van der Waals surface area contributed by atoms with Crippen LogP contribution in [-0.2, 0) is 22.1 Å². The Kier molecular flexibility index (Phi) is 6.19. The summed E-state index contributed by atoms with van der Waals surface area (Å²) in [7, 11) is 1.14. The number of ether oxygens (including phenoxy) is 1. The van der Waals surface area contributed by atoms with E-state index in [-0.39, 0.29) is 12.0 Å². The summed E-state index contributed by atoms with van der Waals surface area (Å²) in [6.07, 6.45) is -4.52. The molecule has 0 bridgehead atoms. The highest BCUT2D eigenvalue weighted by Gasteiger charge is 2.31. The molecule has 0 fully saturated rings. The van der Waals surface area contributed by atoms with E-state index in [4.69, 9.17) is 5.26 Å². The van der Waals surface area contributed by atoms with E-state index in [0.29, 0.717) is 17.2 Å². The van der Waals surface area contributed by atoms with Gasteiger partial charge in [-0.05, 0) is 35.9 Å². The molecule has 2 rings (SSSR count). The Morgan fingerprint density at radius 3 is 2.41 bits per heavy atom. The van der Waals surface area contributed by atoms with Crippen LogP contribution in [0.3, 0.4) is 0 Å². The molecule has 2 aromatic carbocycles. The number of nitriles is 1. The molecular formula is C19H15F3N2O3. The Balaban J connectivity index is 2.19. The normalized spacial score (nSPS) is 12.0. The van der Waals surface area contributed by atoms with Gasteiger partial charge in [0.1, 0.15) is 6.04 Å². The number of nitrogens with zero attached hydrogens (tertiary/aromatic N) is 1. The van der Waals surface area contributed by atoms with E-state index in [0.717, 1.165) is 19.2 Å². The van der Waals surface area contributed by atoms with Crippen molar-refractivity contribution < 1.29 is 27.5 Å². The molecule has 0 saturated heterocycles. The van der Waals surface area contributed by atoms with Gasteiger partial charge in [0.15, 0.2) is 0 Å². The molecule has 27 heavy (non-hydrogen) atoms. The molecule has 0 spiro atoms. The van der Waals surface area contributed by atoms with Gasteiger partial charge in [-0.15, -0.1) is 0 Å². The Morgan fingerprint density at radius 1 is 1.19 bits per heavy atom. The third-order valence-electron chi connectivity index (χ3n) is 3.77. The minimum absolute atomic E-state index is 0.0586. The molecule has 0 saturated carbocycles. The standard InChI is InChI=1S/C19H15F3N2O3/c1-27-18(26)16(9-12-5-7-13(11-23)8-6-12)24-17(25)14-3-2-4-15(10-14)19(20,21)22/h2-8,10,16H,9H2,1H3,(H,24,25)/t16-/m0/s1. The number of hydrogen-bond donors (Lipinski definition) is 1. The van der Waals surface area contributed by atoms with Crippen molar-refractivity contribution in [2.45, 2.75) is 18.6 Å². The van der Waals surface area contributed by atoms with Crippen molar-refractivity contribution in [3.05, 3.63) is 70.8 Å². The van der Waals surface area contributed by atoms with Crippen LogP contribution in [0.4, 0.5) is 13.2 Å². The zero-order chi connectivity index (χ0) is 20.0. The van der Waals surface area contributed by atoms with Crippen molar-refractivity contribution in [1.29, 1.82) is 5.26 Å². The fraction of sp³-hybridized carbons (Fsp3) is 0.211. The molecule has 0 aliphatic heterocycles. The SMILES string of the molecule is COC(=O)[C@H](Cc1ccc(C#N)cc1)NC(=O)c1cccc(C(F)(F)F)c1. The molecule has 2 aromatic rings. The predicted molar refractivity (Wildman–Crippen MR) is 89.6 cm³/mol. The fourth-order valence-electron chi connectivity index (χ4n) is 2.36. The maximum atomic E-state index is 12.8. The molecule has 8 heteroatoms. The smallest absolute Gasteiger partial charge is 0.416 e. The number of nitrogens with one attached hydrogen (secondary N) is 1. The predicted octanol–water partition coefficient (Wildman–Crippen LogP) is 3.09. The van der Waals surface area contributed by atoms with Crippen LogP contribution in [0.2, 0.25) is 0 Å². The monoisotopic (exact) mass is 376 g/mol. The second-order valence-corrected chi connectivity index (χ2v) is 5.64. The Morgan fingerprint density at radius 2 is 1.85 bits per heavy atom. The van der Waals surface area contributed by atoms with Crippen LogP contribution < -0.4 is 5.32 Å². The van der Waals surface area contributed by atoms with Crippen molar-refractivity contribution >= 4 is 11.9 Å². The first kappa shape index (κ1) is 20.0. The Labute approximate surface area is 153 Å². The Bertz CT molecular complexity index is 871. The van der Waals surface area contributed by atoms with Gasteiger partial charge < -0.3 is 10.1 Å². The summed E-state index contributed by atoms with van der Waals surface area (Å²) in [4.78, 5) is 24.3. The third kappa shape index (κ3) is 5.31. The lowest BCUT2D eigenvalue weighted by Crippen LogP contribution is -2.43. The number of alkyl halides is 3. The van der Waals surface area contributed by atoms with Crippen molar-refractivity contribution in [1.82, 2.24) is 5.32 Å². The number of rotatable bonds is 5. The summed E-state index contributed by atoms with van der Waals surface area (Å²) in [6, 6.07) is 11.1. The van der Waals surface area contributed by atoms with Gasteiger partial charge in [0.2, 0.25) is 0 Å². The maximum absolute atomic E-state index is 12.8. The second-order valence-electron chi connectivity index (χ2n) is 5.64. The topological polar surface area (TPSA) is 79.2 Å². The van der Waals surface area contributed by atoms with Gasteiger partial charge in [-0.1, -0.05) is 18.2 Å². The van der Waals surface area contributed by atoms with Gasteiger partial charge in [0.05, 0.1) is 24.3 Å². The summed E-state index contributed by atoms with van der Waals surface area (Å²) < 4.78 is 43.0. The van der Waals surface area contributed by atoms with Crippen LogP contribution in [0.15, 0.2) is 48.5 Å². The quantitative estimate of drug-likeness (QED) is 0.814. The number of methoxy groups -OCH3 is 1. The first-order valence-electron chi connectivity index (χ1n) is 7.79. The number of halogens is 3. The van der Waals surface area contributed by atoms with Gasteiger partial charge in [-0.3, -0.25) is 4.79 Å². The first-order chi connectivity index (χ1) is 12.7. The summed E-state index contributed by atoms with van der Waals surface area (Å²) >= 11 is 0. The second kappa shape index (κ2) is 8.36. The number of esters is 1. The lowest BCUT2D eigenvalue weighted by Gasteiger charge is -2.17. The van der Waals surface area contributed by atoms with E-state index in [9.17, 15) is 22.8 Å². The number of benzene rings is 2. The minimum Gasteiger partial charge on any atom is -0.467 e. The minimum atomic E-state index is -4.58. The highest BCUT2D eigenvalue weighted by atomic mass is 19.4. The number of hydrogen-bond acceptors (Lipinski definition) is 4. The molecule has 140 valence electrons. The van der Waals surface area contributed by atoms with Gasteiger partial charge in [-0.25, -0.2) is 4.79 Å². The highest BCUT2D eigenvalue weighted by Crippen LogP contribution is 2.29. The molecule has 5 nitrogen and oxygen atoms in total. The van der Waals surface area contributed by atoms with Crippen molar-refractivity contribution in [3.63, 3.8) is 0 Å². The molecule has 0 aliphatic rings.